The van der Waals surface area contributed by atoms with Crippen LogP contribution in [0.5, 0.6) is 5.75 Å². The molecule has 2 aromatic rings. The van der Waals surface area contributed by atoms with E-state index in [0.29, 0.717) is 29.2 Å². The fourth-order valence-electron chi connectivity index (χ4n) is 3.07. The van der Waals surface area contributed by atoms with Gasteiger partial charge in [0.25, 0.3) is 0 Å². The minimum Gasteiger partial charge on any atom is -0.489 e. The van der Waals surface area contributed by atoms with Crippen molar-refractivity contribution in [1.82, 2.24) is 5.06 Å². The SMILES string of the molecule is NC(=O)N(O)C1CCc2cc(OCc3cccc(C(F)(F)F)c3)ccc21. The Morgan fingerprint density at radius 2 is 2.04 bits per heavy atom. The van der Waals surface area contributed by atoms with Gasteiger partial charge in [0.2, 0.25) is 0 Å². The molecule has 1 atom stereocenters. The number of ether oxygens (including phenoxy) is 1. The Balaban J connectivity index is 1.70. The van der Waals surface area contributed by atoms with Gasteiger partial charge in [0.1, 0.15) is 12.4 Å². The lowest BCUT2D eigenvalue weighted by Gasteiger charge is -2.20. The van der Waals surface area contributed by atoms with Gasteiger partial charge in [0, 0.05) is 0 Å². The van der Waals surface area contributed by atoms with E-state index in [4.69, 9.17) is 10.5 Å². The maximum absolute atomic E-state index is 12.7. The third-order valence-corrected chi connectivity index (χ3v) is 4.34. The standard InChI is InChI=1S/C18H17F3N2O3/c19-18(20,21)13-3-1-2-11(8-13)10-26-14-5-6-15-12(9-14)4-7-16(15)23(25)17(22)24/h1-3,5-6,8-9,16,25H,4,7,10H2,(H2,22,24). The first-order valence-electron chi connectivity index (χ1n) is 7.95. The summed E-state index contributed by atoms with van der Waals surface area (Å²) in [5.74, 6) is 0.505. The molecule has 3 rings (SSSR count). The lowest BCUT2D eigenvalue weighted by molar-refractivity contribution is -0.137. The minimum atomic E-state index is -4.39. The number of benzene rings is 2. The molecule has 0 fully saturated rings. The third kappa shape index (κ3) is 3.75. The van der Waals surface area contributed by atoms with Crippen molar-refractivity contribution in [2.45, 2.75) is 31.7 Å². The highest BCUT2D eigenvalue weighted by Crippen LogP contribution is 2.37. The second-order valence-electron chi connectivity index (χ2n) is 6.08. The Hall–Kier alpha value is -2.74. The average molecular weight is 366 g/mol. The summed E-state index contributed by atoms with van der Waals surface area (Å²) in [6, 6.07) is 8.69. The number of amides is 2. The minimum absolute atomic E-state index is 0.000450. The number of urea groups is 1. The topological polar surface area (TPSA) is 75.8 Å². The number of aryl methyl sites for hydroxylation is 1. The van der Waals surface area contributed by atoms with Gasteiger partial charge in [-0.2, -0.15) is 18.2 Å². The quantitative estimate of drug-likeness (QED) is 0.633. The summed E-state index contributed by atoms with van der Waals surface area (Å²) < 4.78 is 43.8. The predicted molar refractivity (Wildman–Crippen MR) is 86.5 cm³/mol. The maximum Gasteiger partial charge on any atom is 0.416 e. The number of fused-ring (bicyclic) bond motifs is 1. The molecule has 1 unspecified atom stereocenters. The number of carbonyl (C=O) groups is 1. The van der Waals surface area contributed by atoms with Gasteiger partial charge in [-0.1, -0.05) is 18.2 Å². The maximum atomic E-state index is 12.7. The third-order valence-electron chi connectivity index (χ3n) is 4.34. The molecule has 0 radical (unpaired) electrons. The zero-order valence-corrected chi connectivity index (χ0v) is 13.7. The molecule has 0 aromatic heterocycles. The van der Waals surface area contributed by atoms with Crippen molar-refractivity contribution in [3.8, 4) is 5.75 Å². The number of hydrogen-bond donors (Lipinski definition) is 2. The number of halogens is 3. The molecule has 2 aromatic carbocycles. The zero-order valence-electron chi connectivity index (χ0n) is 13.7. The van der Waals surface area contributed by atoms with E-state index < -0.39 is 23.8 Å². The van der Waals surface area contributed by atoms with Crippen LogP contribution in [0.3, 0.4) is 0 Å². The van der Waals surface area contributed by atoms with Crippen LogP contribution in [0.2, 0.25) is 0 Å². The van der Waals surface area contributed by atoms with Crippen molar-refractivity contribution in [3.05, 3.63) is 64.7 Å². The summed E-state index contributed by atoms with van der Waals surface area (Å²) in [5, 5.41) is 10.2. The fraction of sp³-hybridized carbons (Fsp3) is 0.278. The molecule has 0 aliphatic heterocycles. The second kappa shape index (κ2) is 6.87. The predicted octanol–water partition coefficient (Wildman–Crippen LogP) is 4.04. The molecule has 138 valence electrons. The van der Waals surface area contributed by atoms with Crippen LogP contribution in [0.1, 0.15) is 34.7 Å². The summed E-state index contributed by atoms with van der Waals surface area (Å²) >= 11 is 0. The first-order valence-corrected chi connectivity index (χ1v) is 7.95. The number of carbonyl (C=O) groups excluding carboxylic acids is 1. The first kappa shape index (κ1) is 18.1. The van der Waals surface area contributed by atoms with Crippen molar-refractivity contribution in [2.75, 3.05) is 0 Å². The summed E-state index contributed by atoms with van der Waals surface area (Å²) in [5.41, 5.74) is 6.46. The zero-order chi connectivity index (χ0) is 18.9. The van der Waals surface area contributed by atoms with E-state index in [1.54, 1.807) is 24.3 Å². The van der Waals surface area contributed by atoms with Crippen molar-refractivity contribution in [2.24, 2.45) is 5.73 Å². The van der Waals surface area contributed by atoms with E-state index in [1.807, 2.05) is 0 Å². The molecule has 26 heavy (non-hydrogen) atoms. The van der Waals surface area contributed by atoms with Gasteiger partial charge in [-0.15, -0.1) is 0 Å². The van der Waals surface area contributed by atoms with Crippen LogP contribution < -0.4 is 10.5 Å². The van der Waals surface area contributed by atoms with E-state index in [1.165, 1.54) is 6.07 Å². The van der Waals surface area contributed by atoms with E-state index in [2.05, 4.69) is 0 Å². The Labute approximate surface area is 147 Å². The Morgan fingerprint density at radius 3 is 2.73 bits per heavy atom. The van der Waals surface area contributed by atoms with Gasteiger partial charge in [0.05, 0.1) is 11.6 Å². The van der Waals surface area contributed by atoms with Crippen LogP contribution in [0.25, 0.3) is 0 Å². The number of nitrogens with two attached hydrogens (primary N) is 1. The van der Waals surface area contributed by atoms with E-state index in [9.17, 15) is 23.2 Å². The second-order valence-corrected chi connectivity index (χ2v) is 6.08. The molecule has 0 spiro atoms. The fourth-order valence-corrected chi connectivity index (χ4v) is 3.07. The molecule has 2 amide bonds. The van der Waals surface area contributed by atoms with Crippen LogP contribution >= 0.6 is 0 Å². The van der Waals surface area contributed by atoms with Crippen molar-refractivity contribution >= 4 is 6.03 Å². The Bertz CT molecular complexity index is 824. The van der Waals surface area contributed by atoms with Crippen molar-refractivity contribution < 1.29 is 27.9 Å². The number of nitrogens with zero attached hydrogens (tertiary/aromatic N) is 1. The van der Waals surface area contributed by atoms with Gasteiger partial charge in [0.15, 0.2) is 0 Å². The molecule has 0 bridgehead atoms. The number of primary amides is 1. The molecule has 1 aliphatic rings. The van der Waals surface area contributed by atoms with Gasteiger partial charge in [-0.3, -0.25) is 5.21 Å². The van der Waals surface area contributed by atoms with Gasteiger partial charge in [-0.25, -0.2) is 4.79 Å². The van der Waals surface area contributed by atoms with Crippen LogP contribution in [-0.4, -0.2) is 16.3 Å². The molecule has 0 saturated heterocycles. The van der Waals surface area contributed by atoms with Crippen LogP contribution in [0.15, 0.2) is 42.5 Å². The number of rotatable bonds is 4. The number of hydrogen-bond acceptors (Lipinski definition) is 3. The molecular weight excluding hydrogens is 349 g/mol. The first-order chi connectivity index (χ1) is 12.3. The highest BCUT2D eigenvalue weighted by Gasteiger charge is 2.31. The monoisotopic (exact) mass is 366 g/mol. The smallest absolute Gasteiger partial charge is 0.416 e. The average Bonchev–Trinajstić information content (AvgIpc) is 3.01. The molecule has 0 heterocycles. The number of hydroxylamine groups is 2. The van der Waals surface area contributed by atoms with Gasteiger partial charge >= 0.3 is 12.2 Å². The van der Waals surface area contributed by atoms with Gasteiger partial charge in [-0.05, 0) is 53.8 Å². The summed E-state index contributed by atoms with van der Waals surface area (Å²) in [6.07, 6.45) is -3.23. The van der Waals surface area contributed by atoms with E-state index >= 15 is 0 Å². The Kier molecular flexibility index (Phi) is 4.78. The lowest BCUT2D eigenvalue weighted by atomic mass is 10.1. The Morgan fingerprint density at radius 1 is 1.27 bits per heavy atom. The largest absolute Gasteiger partial charge is 0.489 e. The summed E-state index contributed by atoms with van der Waals surface area (Å²) in [6.45, 7) is -0.000450. The molecule has 5 nitrogen and oxygen atoms in total. The normalized spacial score (nSPS) is 16.2. The van der Waals surface area contributed by atoms with Crippen LogP contribution in [0, 0.1) is 0 Å². The molecule has 3 N–H and O–H groups in total. The van der Waals surface area contributed by atoms with E-state index in [-0.39, 0.29) is 6.61 Å². The molecular formula is C18H17F3N2O3. The molecule has 8 heteroatoms. The molecule has 1 aliphatic carbocycles. The van der Waals surface area contributed by atoms with Crippen LogP contribution in [-0.2, 0) is 19.2 Å². The summed E-state index contributed by atoms with van der Waals surface area (Å²) in [7, 11) is 0. The van der Waals surface area contributed by atoms with Gasteiger partial charge < -0.3 is 10.5 Å². The van der Waals surface area contributed by atoms with E-state index in [0.717, 1.165) is 23.3 Å². The summed E-state index contributed by atoms with van der Waals surface area (Å²) in [4.78, 5) is 11.1. The van der Waals surface area contributed by atoms with Crippen molar-refractivity contribution in [1.29, 1.82) is 0 Å². The van der Waals surface area contributed by atoms with Crippen LogP contribution in [0.4, 0.5) is 18.0 Å². The highest BCUT2D eigenvalue weighted by atomic mass is 19.4. The lowest BCUT2D eigenvalue weighted by Crippen LogP contribution is -2.35. The highest BCUT2D eigenvalue weighted by molar-refractivity contribution is 5.71. The van der Waals surface area contributed by atoms with Crippen molar-refractivity contribution in [3.63, 3.8) is 0 Å². The molecule has 0 saturated carbocycles. The number of alkyl halides is 3.